The molecule has 1 aromatic carbocycles. The number of methoxy groups -OCH3 is 1. The topological polar surface area (TPSA) is 93.0 Å². The van der Waals surface area contributed by atoms with Crippen LogP contribution in [-0.4, -0.2) is 49.3 Å². The second-order valence-electron chi connectivity index (χ2n) is 8.05. The summed E-state index contributed by atoms with van der Waals surface area (Å²) in [5, 5.41) is 9.71. The van der Waals surface area contributed by atoms with Crippen molar-refractivity contribution in [2.45, 2.75) is 38.5 Å². The lowest BCUT2D eigenvalue weighted by atomic mass is 10.0. The van der Waals surface area contributed by atoms with Crippen LogP contribution in [0.15, 0.2) is 35.2 Å². The van der Waals surface area contributed by atoms with Gasteiger partial charge in [0.25, 0.3) is 5.89 Å². The van der Waals surface area contributed by atoms with Gasteiger partial charge in [-0.05, 0) is 31.0 Å². The third kappa shape index (κ3) is 3.33. The lowest BCUT2D eigenvalue weighted by Gasteiger charge is -2.11. The highest BCUT2D eigenvalue weighted by Gasteiger charge is 2.28. The summed E-state index contributed by atoms with van der Waals surface area (Å²) in [4.78, 5) is 9.07. The van der Waals surface area contributed by atoms with Gasteiger partial charge in [0.1, 0.15) is 18.6 Å². The van der Waals surface area contributed by atoms with E-state index in [-0.39, 0.29) is 12.7 Å². The van der Waals surface area contributed by atoms with E-state index in [1.165, 1.54) is 0 Å². The number of hydrogen-bond acceptors (Lipinski definition) is 7. The van der Waals surface area contributed by atoms with E-state index in [1.54, 1.807) is 13.4 Å². The van der Waals surface area contributed by atoms with Crippen molar-refractivity contribution in [2.75, 3.05) is 13.7 Å². The summed E-state index contributed by atoms with van der Waals surface area (Å²) in [5.74, 6) is 0.853. The smallest absolute Gasteiger partial charge is 0.252 e. The lowest BCUT2D eigenvalue weighted by Crippen LogP contribution is -2.15. The van der Waals surface area contributed by atoms with Crippen molar-refractivity contribution in [3.63, 3.8) is 0 Å². The van der Waals surface area contributed by atoms with Gasteiger partial charge in [-0.2, -0.15) is 10.1 Å². The second-order valence-corrected chi connectivity index (χ2v) is 8.49. The van der Waals surface area contributed by atoms with Crippen LogP contribution in [0.2, 0.25) is 5.02 Å². The predicted octanol–water partition coefficient (Wildman–Crippen LogP) is 3.67. The molecule has 2 aliphatic rings. The van der Waals surface area contributed by atoms with Gasteiger partial charge in [0, 0.05) is 42.5 Å². The van der Waals surface area contributed by atoms with E-state index in [9.17, 15) is 0 Å². The standard InChI is InChI=1S/C22H21ClN6O3/c1-30-11-19-25-22(27-32-19)21-18-7-13-9-28(10-15-3-2-6-31-15)26-20(13)16-8-14(23)4-5-17(16)29(18)12-24-21/h4-5,8-9,12,15H,2-3,6-7,10-11H2,1H3. The molecule has 2 aliphatic heterocycles. The number of ether oxygens (including phenoxy) is 2. The number of nitrogens with zero attached hydrogens (tertiary/aromatic N) is 6. The molecule has 32 heavy (non-hydrogen) atoms. The molecule has 164 valence electrons. The van der Waals surface area contributed by atoms with E-state index in [2.05, 4.69) is 25.9 Å². The summed E-state index contributed by atoms with van der Waals surface area (Å²) < 4.78 is 20.3. The zero-order valence-corrected chi connectivity index (χ0v) is 18.2. The Morgan fingerprint density at radius 2 is 2.22 bits per heavy atom. The van der Waals surface area contributed by atoms with Gasteiger partial charge in [0.05, 0.1) is 29.7 Å². The molecule has 1 atom stereocenters. The summed E-state index contributed by atoms with van der Waals surface area (Å²) in [6.07, 6.45) is 6.87. The number of rotatable bonds is 5. The van der Waals surface area contributed by atoms with Gasteiger partial charge in [0.15, 0.2) is 0 Å². The average molecular weight is 453 g/mol. The number of aromatic nitrogens is 6. The molecule has 0 saturated carbocycles. The minimum atomic E-state index is 0.206. The highest BCUT2D eigenvalue weighted by atomic mass is 35.5. The monoisotopic (exact) mass is 452 g/mol. The Labute approximate surface area is 188 Å². The third-order valence-electron chi connectivity index (χ3n) is 5.90. The van der Waals surface area contributed by atoms with E-state index < -0.39 is 0 Å². The number of hydrogen-bond donors (Lipinski definition) is 0. The molecule has 4 aromatic rings. The predicted molar refractivity (Wildman–Crippen MR) is 116 cm³/mol. The molecule has 0 spiro atoms. The van der Waals surface area contributed by atoms with Gasteiger partial charge >= 0.3 is 0 Å². The highest BCUT2D eigenvalue weighted by molar-refractivity contribution is 6.31. The Hall–Kier alpha value is -3.01. The maximum Gasteiger partial charge on any atom is 0.252 e. The Kier molecular flexibility index (Phi) is 4.82. The van der Waals surface area contributed by atoms with E-state index in [0.717, 1.165) is 54.2 Å². The fourth-order valence-corrected chi connectivity index (χ4v) is 4.64. The van der Waals surface area contributed by atoms with E-state index >= 15 is 0 Å². The minimum Gasteiger partial charge on any atom is -0.376 e. The Morgan fingerprint density at radius 1 is 1.28 bits per heavy atom. The van der Waals surface area contributed by atoms with Crippen LogP contribution in [-0.2, 0) is 29.0 Å². The molecule has 1 fully saturated rings. The lowest BCUT2D eigenvalue weighted by molar-refractivity contribution is 0.0940. The first-order chi connectivity index (χ1) is 15.7. The molecular formula is C22H21ClN6O3. The van der Waals surface area contributed by atoms with Gasteiger partial charge in [-0.3, -0.25) is 4.68 Å². The molecule has 6 rings (SSSR count). The van der Waals surface area contributed by atoms with Crippen LogP contribution in [0.4, 0.5) is 0 Å². The van der Waals surface area contributed by atoms with Crippen molar-refractivity contribution in [3.8, 4) is 28.5 Å². The summed E-state index contributed by atoms with van der Waals surface area (Å²) in [6, 6.07) is 5.83. The zero-order valence-electron chi connectivity index (χ0n) is 17.5. The van der Waals surface area contributed by atoms with Gasteiger partial charge in [0.2, 0.25) is 5.82 Å². The van der Waals surface area contributed by atoms with Crippen LogP contribution in [0.3, 0.4) is 0 Å². The van der Waals surface area contributed by atoms with Crippen LogP contribution in [0.5, 0.6) is 0 Å². The number of benzene rings is 1. The number of fused-ring (bicyclic) bond motifs is 5. The largest absolute Gasteiger partial charge is 0.376 e. The molecule has 1 unspecified atom stereocenters. The minimum absolute atomic E-state index is 0.206. The maximum atomic E-state index is 6.38. The van der Waals surface area contributed by atoms with Gasteiger partial charge < -0.3 is 18.6 Å². The molecule has 0 radical (unpaired) electrons. The number of imidazole rings is 1. The first kappa shape index (κ1) is 19.7. The van der Waals surface area contributed by atoms with Gasteiger partial charge in [-0.15, -0.1) is 0 Å². The van der Waals surface area contributed by atoms with Gasteiger partial charge in [-0.1, -0.05) is 16.8 Å². The first-order valence-corrected chi connectivity index (χ1v) is 10.9. The molecule has 0 N–H and O–H groups in total. The molecule has 1 saturated heterocycles. The molecular weight excluding hydrogens is 432 g/mol. The molecule has 5 heterocycles. The van der Waals surface area contributed by atoms with Crippen LogP contribution >= 0.6 is 11.6 Å². The quantitative estimate of drug-likeness (QED) is 0.401. The van der Waals surface area contributed by atoms with Crippen molar-refractivity contribution >= 4 is 11.6 Å². The summed E-state index contributed by atoms with van der Waals surface area (Å²) >= 11 is 6.38. The van der Waals surface area contributed by atoms with Crippen LogP contribution < -0.4 is 0 Å². The van der Waals surface area contributed by atoms with Crippen molar-refractivity contribution < 1.29 is 14.0 Å². The van der Waals surface area contributed by atoms with Crippen molar-refractivity contribution in [2.24, 2.45) is 0 Å². The average Bonchev–Trinajstić information content (AvgIpc) is 3.56. The van der Waals surface area contributed by atoms with Crippen LogP contribution in [0.1, 0.15) is 30.0 Å². The molecule has 0 aliphatic carbocycles. The molecule has 10 heteroatoms. The van der Waals surface area contributed by atoms with E-state index in [1.807, 2.05) is 22.9 Å². The normalized spacial score (nSPS) is 17.1. The molecule has 9 nitrogen and oxygen atoms in total. The van der Waals surface area contributed by atoms with Gasteiger partial charge in [-0.25, -0.2) is 4.98 Å². The Balaban J connectivity index is 1.46. The van der Waals surface area contributed by atoms with E-state index in [0.29, 0.717) is 28.9 Å². The maximum absolute atomic E-state index is 6.38. The fraction of sp³-hybridized carbons (Fsp3) is 0.364. The zero-order chi connectivity index (χ0) is 21.7. The molecule has 3 aromatic heterocycles. The summed E-state index contributed by atoms with van der Waals surface area (Å²) in [5.41, 5.74) is 5.58. The summed E-state index contributed by atoms with van der Waals surface area (Å²) in [6.45, 7) is 1.81. The van der Waals surface area contributed by atoms with E-state index in [4.69, 9.17) is 30.7 Å². The number of halogens is 1. The third-order valence-corrected chi connectivity index (χ3v) is 6.13. The van der Waals surface area contributed by atoms with Crippen molar-refractivity contribution in [3.05, 3.63) is 52.9 Å². The second kappa shape index (κ2) is 7.84. The highest BCUT2D eigenvalue weighted by Crippen LogP contribution is 2.38. The SMILES string of the molecule is COCc1nc(-c2ncn3c2Cc2cn(CC4CCCO4)nc2-c2cc(Cl)ccc2-3)no1. The van der Waals surface area contributed by atoms with Crippen molar-refractivity contribution in [1.82, 2.24) is 29.5 Å². The first-order valence-electron chi connectivity index (χ1n) is 10.6. The van der Waals surface area contributed by atoms with Crippen molar-refractivity contribution in [1.29, 1.82) is 0 Å². The fourth-order valence-electron chi connectivity index (χ4n) is 4.47. The van der Waals surface area contributed by atoms with Crippen LogP contribution in [0.25, 0.3) is 28.5 Å². The molecule has 0 amide bonds. The van der Waals surface area contributed by atoms with Crippen LogP contribution in [0, 0.1) is 0 Å². The Bertz CT molecular complexity index is 1290. The summed E-state index contributed by atoms with van der Waals surface area (Å²) in [7, 11) is 1.59. The Morgan fingerprint density at radius 3 is 3.06 bits per heavy atom. The molecule has 0 bridgehead atoms.